The molecule has 0 aromatic carbocycles. The molecule has 0 bridgehead atoms. The molecule has 0 aliphatic heterocycles. The van der Waals surface area contributed by atoms with Crippen LogP contribution in [0.15, 0.2) is 5.16 Å². The SMILES string of the molecule is Cc1nc(SCC(=O)C(C)(C)C)nc(C)c1C. The van der Waals surface area contributed by atoms with Crippen LogP contribution in [0.3, 0.4) is 0 Å². The Morgan fingerprint density at radius 1 is 1.12 bits per heavy atom. The minimum atomic E-state index is -0.290. The highest BCUT2D eigenvalue weighted by atomic mass is 32.2. The van der Waals surface area contributed by atoms with Crippen molar-refractivity contribution in [3.63, 3.8) is 0 Å². The first-order chi connectivity index (χ1) is 7.71. The molecule has 3 nitrogen and oxygen atoms in total. The lowest BCUT2D eigenvalue weighted by atomic mass is 9.92. The molecule has 0 unspecified atom stereocenters. The Balaban J connectivity index is 2.74. The zero-order chi connectivity index (χ0) is 13.2. The predicted molar refractivity (Wildman–Crippen MR) is 71.4 cm³/mol. The highest BCUT2D eigenvalue weighted by molar-refractivity contribution is 7.99. The van der Waals surface area contributed by atoms with Gasteiger partial charge in [0.1, 0.15) is 5.78 Å². The van der Waals surface area contributed by atoms with Gasteiger partial charge in [0, 0.05) is 16.8 Å². The zero-order valence-corrected chi connectivity index (χ0v) is 12.2. The van der Waals surface area contributed by atoms with Crippen LogP contribution in [-0.2, 0) is 4.79 Å². The van der Waals surface area contributed by atoms with E-state index in [4.69, 9.17) is 0 Å². The Morgan fingerprint density at radius 2 is 1.59 bits per heavy atom. The van der Waals surface area contributed by atoms with E-state index in [0.29, 0.717) is 10.9 Å². The molecule has 0 atom stereocenters. The van der Waals surface area contributed by atoms with Crippen molar-refractivity contribution in [2.75, 3.05) is 5.75 Å². The lowest BCUT2D eigenvalue weighted by molar-refractivity contribution is -0.123. The number of aromatic nitrogens is 2. The van der Waals surface area contributed by atoms with E-state index in [2.05, 4.69) is 9.97 Å². The molecule has 4 heteroatoms. The topological polar surface area (TPSA) is 42.9 Å². The number of nitrogens with zero attached hydrogens (tertiary/aromatic N) is 2. The van der Waals surface area contributed by atoms with Gasteiger partial charge in [-0.2, -0.15) is 0 Å². The van der Waals surface area contributed by atoms with Crippen molar-refractivity contribution in [1.29, 1.82) is 0 Å². The molecule has 0 aliphatic rings. The number of hydrogen-bond donors (Lipinski definition) is 0. The third-order valence-electron chi connectivity index (χ3n) is 2.78. The summed E-state index contributed by atoms with van der Waals surface area (Å²) in [6.45, 7) is 11.8. The van der Waals surface area contributed by atoms with Gasteiger partial charge in [-0.15, -0.1) is 0 Å². The molecular weight excluding hydrogens is 232 g/mol. The van der Waals surface area contributed by atoms with Gasteiger partial charge in [-0.1, -0.05) is 32.5 Å². The van der Waals surface area contributed by atoms with E-state index in [1.54, 1.807) is 0 Å². The van der Waals surface area contributed by atoms with Gasteiger partial charge >= 0.3 is 0 Å². The van der Waals surface area contributed by atoms with Crippen LogP contribution in [0.1, 0.15) is 37.7 Å². The molecule has 0 saturated heterocycles. The third kappa shape index (κ3) is 3.80. The number of carbonyl (C=O) groups excluding carboxylic acids is 1. The zero-order valence-electron chi connectivity index (χ0n) is 11.4. The molecule has 0 aliphatic carbocycles. The Labute approximate surface area is 107 Å². The fourth-order valence-corrected chi connectivity index (χ4v) is 2.25. The molecule has 0 spiro atoms. The number of thioether (sulfide) groups is 1. The monoisotopic (exact) mass is 252 g/mol. The second-order valence-corrected chi connectivity index (χ2v) is 6.21. The second kappa shape index (κ2) is 5.17. The first-order valence-corrected chi connectivity index (χ1v) is 6.68. The van der Waals surface area contributed by atoms with Gasteiger partial charge < -0.3 is 0 Å². The van der Waals surface area contributed by atoms with Crippen molar-refractivity contribution in [1.82, 2.24) is 9.97 Å². The molecule has 0 N–H and O–H groups in total. The number of Topliss-reactive ketones (excluding diaryl/α,β-unsaturated/α-hetero) is 1. The average molecular weight is 252 g/mol. The molecular formula is C13H20N2OS. The molecule has 17 heavy (non-hydrogen) atoms. The normalized spacial score (nSPS) is 11.6. The summed E-state index contributed by atoms with van der Waals surface area (Å²) in [5.74, 6) is 0.660. The van der Waals surface area contributed by atoms with Crippen molar-refractivity contribution >= 4 is 17.5 Å². The summed E-state index contributed by atoms with van der Waals surface area (Å²) in [6, 6.07) is 0. The van der Waals surface area contributed by atoms with E-state index in [-0.39, 0.29) is 11.2 Å². The highest BCUT2D eigenvalue weighted by Gasteiger charge is 2.21. The predicted octanol–water partition coefficient (Wildman–Crippen LogP) is 3.11. The van der Waals surface area contributed by atoms with Crippen LogP contribution in [0.25, 0.3) is 0 Å². The second-order valence-electron chi connectivity index (χ2n) is 5.26. The maximum absolute atomic E-state index is 11.8. The molecule has 1 aromatic heterocycles. The quantitative estimate of drug-likeness (QED) is 0.612. The molecule has 0 fully saturated rings. The average Bonchev–Trinajstić information content (AvgIpc) is 2.20. The molecule has 0 amide bonds. The van der Waals surface area contributed by atoms with Crippen molar-refractivity contribution in [2.24, 2.45) is 5.41 Å². The highest BCUT2D eigenvalue weighted by Crippen LogP contribution is 2.22. The van der Waals surface area contributed by atoms with Crippen molar-refractivity contribution in [3.8, 4) is 0 Å². The summed E-state index contributed by atoms with van der Waals surface area (Å²) in [6.07, 6.45) is 0. The Bertz CT molecular complexity index is 413. The van der Waals surface area contributed by atoms with Gasteiger partial charge in [0.2, 0.25) is 0 Å². The van der Waals surface area contributed by atoms with E-state index in [1.165, 1.54) is 11.8 Å². The largest absolute Gasteiger partial charge is 0.298 e. The molecule has 94 valence electrons. The van der Waals surface area contributed by atoms with Crippen molar-refractivity contribution < 1.29 is 4.79 Å². The van der Waals surface area contributed by atoms with Gasteiger partial charge in [-0.3, -0.25) is 4.79 Å². The van der Waals surface area contributed by atoms with Crippen LogP contribution in [0.2, 0.25) is 0 Å². The maximum atomic E-state index is 11.8. The lowest BCUT2D eigenvalue weighted by Crippen LogP contribution is -2.22. The minimum Gasteiger partial charge on any atom is -0.298 e. The number of aryl methyl sites for hydroxylation is 2. The van der Waals surface area contributed by atoms with Crippen LogP contribution >= 0.6 is 11.8 Å². The number of carbonyl (C=O) groups is 1. The maximum Gasteiger partial charge on any atom is 0.188 e. The van der Waals surface area contributed by atoms with Crippen LogP contribution in [0, 0.1) is 26.2 Å². The molecule has 0 radical (unpaired) electrons. The lowest BCUT2D eigenvalue weighted by Gasteiger charge is -2.15. The van der Waals surface area contributed by atoms with Gasteiger partial charge in [-0.05, 0) is 26.3 Å². The summed E-state index contributed by atoms with van der Waals surface area (Å²) in [4.78, 5) is 20.6. The summed E-state index contributed by atoms with van der Waals surface area (Å²) in [5.41, 5.74) is 2.81. The van der Waals surface area contributed by atoms with Gasteiger partial charge in [0.15, 0.2) is 5.16 Å². The van der Waals surface area contributed by atoms with E-state index in [0.717, 1.165) is 17.0 Å². The van der Waals surface area contributed by atoms with E-state index < -0.39 is 0 Å². The summed E-state index contributed by atoms with van der Waals surface area (Å²) < 4.78 is 0. The van der Waals surface area contributed by atoms with Crippen LogP contribution in [0.5, 0.6) is 0 Å². The van der Waals surface area contributed by atoms with Gasteiger partial charge in [0.05, 0.1) is 5.75 Å². The van der Waals surface area contributed by atoms with E-state index >= 15 is 0 Å². The molecule has 1 heterocycles. The minimum absolute atomic E-state index is 0.224. The smallest absolute Gasteiger partial charge is 0.188 e. The fraction of sp³-hybridized carbons (Fsp3) is 0.615. The van der Waals surface area contributed by atoms with Crippen LogP contribution in [-0.4, -0.2) is 21.5 Å². The Kier molecular flexibility index (Phi) is 4.31. The summed E-state index contributed by atoms with van der Waals surface area (Å²) >= 11 is 1.42. The van der Waals surface area contributed by atoms with Gasteiger partial charge in [-0.25, -0.2) is 9.97 Å². The van der Waals surface area contributed by atoms with Crippen LogP contribution < -0.4 is 0 Å². The van der Waals surface area contributed by atoms with Crippen molar-refractivity contribution in [3.05, 3.63) is 17.0 Å². The Morgan fingerprint density at radius 3 is 2.00 bits per heavy atom. The van der Waals surface area contributed by atoms with E-state index in [9.17, 15) is 4.79 Å². The molecule has 1 rings (SSSR count). The van der Waals surface area contributed by atoms with Crippen LogP contribution in [0.4, 0.5) is 0 Å². The van der Waals surface area contributed by atoms with Crippen molar-refractivity contribution in [2.45, 2.75) is 46.7 Å². The number of rotatable bonds is 3. The Hall–Kier alpha value is -0.900. The third-order valence-corrected chi connectivity index (χ3v) is 3.63. The first kappa shape index (κ1) is 14.2. The standard InChI is InChI=1S/C13H20N2OS/c1-8-9(2)14-12(15-10(8)3)17-7-11(16)13(4,5)6/h7H2,1-6H3. The first-order valence-electron chi connectivity index (χ1n) is 5.69. The fourth-order valence-electron chi connectivity index (χ4n) is 1.15. The number of ketones is 1. The summed E-state index contributed by atoms with van der Waals surface area (Å²) in [5, 5.41) is 0.697. The van der Waals surface area contributed by atoms with E-state index in [1.807, 2.05) is 41.5 Å². The summed E-state index contributed by atoms with van der Waals surface area (Å²) in [7, 11) is 0. The van der Waals surface area contributed by atoms with Gasteiger partial charge in [0.25, 0.3) is 0 Å². The number of hydrogen-bond acceptors (Lipinski definition) is 4. The molecule has 1 aromatic rings. The molecule has 0 saturated carbocycles.